The number of esters is 1. The SMILES string of the molecule is O=C(/C=C/c1ccc(O)cc1)OC1C(O)[C@H](O)C(CO)O[C@H]1OC1[C@H](Oc2c(-c3ccc(O)c(O)c3)oc3cc(O[C@@H]4O[C@@H](CO)[C@@H](O)C(O)C4O)cc(O)c3c2=O)OC(CO)[C@@H](O)[C@@H]1O. The van der Waals surface area contributed by atoms with Gasteiger partial charge in [0.25, 0.3) is 0 Å². The Bertz CT molecular complexity index is 2420. The predicted octanol–water partition coefficient (Wildman–Crippen LogP) is -3.27. The summed E-state index contributed by atoms with van der Waals surface area (Å²) in [7, 11) is 0. The van der Waals surface area contributed by atoms with Crippen molar-refractivity contribution < 1.29 is 114 Å². The average Bonchev–Trinajstić information content (AvgIpc) is 3.29. The first-order valence-corrected chi connectivity index (χ1v) is 20.0. The number of aliphatic hydroxyl groups excluding tert-OH is 10. The van der Waals surface area contributed by atoms with Crippen LogP contribution in [-0.2, 0) is 28.5 Å². The van der Waals surface area contributed by atoms with Crippen LogP contribution in [0.1, 0.15) is 5.56 Å². The van der Waals surface area contributed by atoms with Crippen molar-refractivity contribution in [1.29, 1.82) is 0 Å². The summed E-state index contributed by atoms with van der Waals surface area (Å²) in [6.07, 6.45) is -25.9. The van der Waals surface area contributed by atoms with E-state index in [-0.39, 0.29) is 17.1 Å². The molecule has 66 heavy (non-hydrogen) atoms. The van der Waals surface area contributed by atoms with Crippen LogP contribution in [-0.4, -0.2) is 189 Å². The van der Waals surface area contributed by atoms with Gasteiger partial charge in [0.1, 0.15) is 89.3 Å². The van der Waals surface area contributed by atoms with Gasteiger partial charge >= 0.3 is 5.97 Å². The van der Waals surface area contributed by atoms with E-state index >= 15 is 0 Å². The van der Waals surface area contributed by atoms with Crippen molar-refractivity contribution in [2.45, 2.75) is 92.1 Å². The van der Waals surface area contributed by atoms with Crippen molar-refractivity contribution >= 4 is 23.0 Å². The number of aromatic hydroxyl groups is 4. The van der Waals surface area contributed by atoms with Gasteiger partial charge < -0.3 is 109 Å². The van der Waals surface area contributed by atoms with Crippen molar-refractivity contribution in [2.75, 3.05) is 19.8 Å². The van der Waals surface area contributed by atoms with Crippen LogP contribution < -0.4 is 14.9 Å². The molecule has 3 aromatic carbocycles. The number of aliphatic hydroxyl groups is 10. The van der Waals surface area contributed by atoms with Crippen LogP contribution in [0.3, 0.4) is 0 Å². The van der Waals surface area contributed by atoms with E-state index in [0.717, 1.165) is 36.4 Å². The molecule has 0 bridgehead atoms. The second-order valence-corrected chi connectivity index (χ2v) is 15.4. The molecule has 3 aliphatic heterocycles. The number of rotatable bonds is 13. The van der Waals surface area contributed by atoms with Gasteiger partial charge in [-0.05, 0) is 42.0 Å². The van der Waals surface area contributed by atoms with E-state index in [2.05, 4.69) is 0 Å². The molecule has 358 valence electrons. The highest BCUT2D eigenvalue weighted by Gasteiger charge is 2.53. The molecule has 3 aliphatic rings. The molecular formula is C42H46O24. The molecule has 0 spiro atoms. The largest absolute Gasteiger partial charge is 0.508 e. The molecule has 7 unspecified atom stereocenters. The lowest BCUT2D eigenvalue weighted by Crippen LogP contribution is -2.65. The summed E-state index contributed by atoms with van der Waals surface area (Å²) in [6, 6.07) is 10.6. The Kier molecular flexibility index (Phi) is 14.7. The predicted molar refractivity (Wildman–Crippen MR) is 215 cm³/mol. The van der Waals surface area contributed by atoms with Gasteiger partial charge in [0, 0.05) is 23.8 Å². The van der Waals surface area contributed by atoms with E-state index in [9.17, 15) is 81.1 Å². The van der Waals surface area contributed by atoms with Gasteiger partial charge in [-0.3, -0.25) is 4.79 Å². The minimum atomic E-state index is -2.14. The van der Waals surface area contributed by atoms with Crippen LogP contribution in [0.25, 0.3) is 28.4 Å². The second-order valence-electron chi connectivity index (χ2n) is 15.4. The number of benzene rings is 3. The molecule has 0 amide bonds. The highest BCUT2D eigenvalue weighted by Crippen LogP contribution is 2.41. The normalized spacial score (nSPS) is 32.6. The molecule has 3 saturated heterocycles. The number of hydrogen-bond acceptors (Lipinski definition) is 24. The zero-order chi connectivity index (χ0) is 47.7. The average molecular weight is 935 g/mol. The number of ether oxygens (including phenoxy) is 7. The Labute approximate surface area is 370 Å². The molecule has 3 fully saturated rings. The molecule has 15 atom stereocenters. The lowest BCUT2D eigenvalue weighted by atomic mass is 9.97. The maximum atomic E-state index is 14.5. The molecule has 0 aliphatic carbocycles. The van der Waals surface area contributed by atoms with Gasteiger partial charge in [0.2, 0.25) is 23.8 Å². The fraction of sp³-hybridized carbons (Fsp3) is 0.429. The van der Waals surface area contributed by atoms with E-state index in [1.54, 1.807) is 0 Å². The first-order valence-electron chi connectivity index (χ1n) is 20.0. The molecule has 4 heterocycles. The summed E-state index contributed by atoms with van der Waals surface area (Å²) in [5.41, 5.74) is -1.45. The third kappa shape index (κ3) is 9.73. The van der Waals surface area contributed by atoms with Crippen molar-refractivity contribution in [2.24, 2.45) is 0 Å². The smallest absolute Gasteiger partial charge is 0.331 e. The Morgan fingerprint density at radius 3 is 1.82 bits per heavy atom. The number of carbonyl (C=O) groups excluding carboxylic acids is 1. The van der Waals surface area contributed by atoms with Crippen LogP contribution in [0.2, 0.25) is 0 Å². The lowest BCUT2D eigenvalue weighted by Gasteiger charge is -2.46. The van der Waals surface area contributed by atoms with E-state index in [1.165, 1.54) is 30.3 Å². The molecular weight excluding hydrogens is 888 g/mol. The fourth-order valence-corrected chi connectivity index (χ4v) is 7.37. The van der Waals surface area contributed by atoms with Crippen LogP contribution in [0.4, 0.5) is 0 Å². The summed E-state index contributed by atoms with van der Waals surface area (Å²) in [6.45, 7) is -2.70. The minimum Gasteiger partial charge on any atom is -0.508 e. The Morgan fingerprint density at radius 1 is 0.606 bits per heavy atom. The minimum absolute atomic E-state index is 0.0523. The third-order valence-electron chi connectivity index (χ3n) is 11.0. The molecule has 4 aromatic rings. The van der Waals surface area contributed by atoms with Gasteiger partial charge in [-0.15, -0.1) is 0 Å². The molecule has 14 N–H and O–H groups in total. The van der Waals surface area contributed by atoms with Gasteiger partial charge in [0.15, 0.2) is 35.8 Å². The molecule has 24 nitrogen and oxygen atoms in total. The maximum absolute atomic E-state index is 14.5. The van der Waals surface area contributed by atoms with Gasteiger partial charge in [-0.1, -0.05) is 12.1 Å². The van der Waals surface area contributed by atoms with E-state index in [4.69, 9.17) is 37.6 Å². The first-order chi connectivity index (χ1) is 31.4. The number of fused-ring (bicyclic) bond motifs is 1. The topological polar surface area (TPSA) is 395 Å². The zero-order valence-electron chi connectivity index (χ0n) is 34.0. The summed E-state index contributed by atoms with van der Waals surface area (Å²) >= 11 is 0. The molecule has 0 saturated carbocycles. The van der Waals surface area contributed by atoms with Gasteiger partial charge in [-0.25, -0.2) is 4.79 Å². The zero-order valence-corrected chi connectivity index (χ0v) is 34.0. The number of hydrogen-bond donors (Lipinski definition) is 14. The highest BCUT2D eigenvalue weighted by molar-refractivity contribution is 5.89. The first kappa shape index (κ1) is 48.3. The lowest BCUT2D eigenvalue weighted by molar-refractivity contribution is -0.358. The van der Waals surface area contributed by atoms with Crippen molar-refractivity contribution in [1.82, 2.24) is 0 Å². The number of phenols is 4. The standard InChI is InChI=1S/C42H46O24/c43-12-23-28(51)32(55)35(58)40(61-23)59-18-10-21(49)27-22(11-18)60-36(16-4-7-19(47)20(48)9-16)37(31(27)54)65-42-39(34(57)30(53)25(14-45)63-42)66-41-38(33(56)29(52)24(13-44)62-41)64-26(50)8-3-15-1-5-17(46)6-2-15/h1-11,23-25,28-30,32-35,38-49,51-53,55-58H,12-14H2/b8-3+/t23-,24?,25?,28+,29+,30+,32?,33?,34-,35?,38?,39?,40+,41-,42-/m0/s1. The summed E-state index contributed by atoms with van der Waals surface area (Å²) in [5, 5.41) is 146. The van der Waals surface area contributed by atoms with E-state index < -0.39 is 163 Å². The molecule has 24 heteroatoms. The van der Waals surface area contributed by atoms with Crippen LogP contribution in [0.5, 0.6) is 34.5 Å². The van der Waals surface area contributed by atoms with Crippen LogP contribution in [0, 0.1) is 0 Å². The molecule has 7 rings (SSSR count). The number of carbonyl (C=O) groups is 1. The maximum Gasteiger partial charge on any atom is 0.331 e. The van der Waals surface area contributed by atoms with Crippen molar-refractivity contribution in [3.8, 4) is 45.8 Å². The monoisotopic (exact) mass is 934 g/mol. The fourth-order valence-electron chi connectivity index (χ4n) is 7.37. The Hall–Kier alpha value is -5.68. The van der Waals surface area contributed by atoms with E-state index in [1.807, 2.05) is 0 Å². The van der Waals surface area contributed by atoms with E-state index in [0.29, 0.717) is 5.56 Å². The Balaban J connectivity index is 1.26. The Morgan fingerprint density at radius 2 is 1.20 bits per heavy atom. The quantitative estimate of drug-likeness (QED) is 0.0355. The van der Waals surface area contributed by atoms with Crippen molar-refractivity contribution in [3.63, 3.8) is 0 Å². The highest BCUT2D eigenvalue weighted by atomic mass is 16.8. The third-order valence-corrected chi connectivity index (χ3v) is 11.0. The van der Waals surface area contributed by atoms with Crippen LogP contribution in [0.15, 0.2) is 69.9 Å². The summed E-state index contributed by atoms with van der Waals surface area (Å²) in [4.78, 5) is 27.5. The second kappa shape index (κ2) is 20.0. The molecule has 1 aromatic heterocycles. The van der Waals surface area contributed by atoms with Gasteiger partial charge in [0.05, 0.1) is 19.8 Å². The summed E-state index contributed by atoms with van der Waals surface area (Å²) in [5.74, 6) is -5.22. The van der Waals surface area contributed by atoms with Crippen LogP contribution >= 0.6 is 0 Å². The van der Waals surface area contributed by atoms with Crippen molar-refractivity contribution in [3.05, 3.63) is 76.5 Å². The van der Waals surface area contributed by atoms with Gasteiger partial charge in [-0.2, -0.15) is 0 Å². The summed E-state index contributed by atoms with van der Waals surface area (Å²) < 4.78 is 45.8. The molecule has 0 radical (unpaired) electrons. The number of phenolic OH excluding ortho intramolecular Hbond substituents is 4.